The zero-order valence-electron chi connectivity index (χ0n) is 26.5. The van der Waals surface area contributed by atoms with Crippen LogP contribution in [0.25, 0.3) is 5.57 Å². The number of nitriles is 1. The summed E-state index contributed by atoms with van der Waals surface area (Å²) in [5, 5.41) is 15.6. The Kier molecular flexibility index (Phi) is 9.47. The van der Waals surface area contributed by atoms with Gasteiger partial charge < -0.3 is 29.9 Å². The number of aromatic nitrogens is 3. The van der Waals surface area contributed by atoms with Crippen LogP contribution in [-0.2, 0) is 19.1 Å². The topological polar surface area (TPSA) is 149 Å². The Balaban J connectivity index is 0.919. The van der Waals surface area contributed by atoms with Crippen LogP contribution >= 0.6 is 0 Å². The van der Waals surface area contributed by atoms with Crippen LogP contribution in [-0.4, -0.2) is 126 Å². The Morgan fingerprint density at radius 1 is 1.08 bits per heavy atom. The summed E-state index contributed by atoms with van der Waals surface area (Å²) in [7, 11) is 0. The van der Waals surface area contributed by atoms with E-state index in [4.69, 9.17) is 9.47 Å². The minimum Gasteiger partial charge on any atom is -0.378 e. The minimum atomic E-state index is -1.73. The largest absolute Gasteiger partial charge is 0.378 e. The second kappa shape index (κ2) is 14.1. The average molecular weight is 664 g/mol. The van der Waals surface area contributed by atoms with Gasteiger partial charge in [-0.05, 0) is 49.1 Å². The SMILES string of the molecule is N#CC1CC(c2ncnc(Nc3ccc(N4CCN(C5COC5)CC4)cc3)n2)=CCC1O[C@H]1CCN(C(=O)[C@@H]2C[C@H](F)C(=O)N2)C[C@H]1F. The fraction of sp³-hybridized carbons (Fsp3) is 0.576. The van der Waals surface area contributed by atoms with E-state index in [1.807, 2.05) is 18.2 Å². The van der Waals surface area contributed by atoms with Gasteiger partial charge in [-0.25, -0.2) is 18.7 Å². The van der Waals surface area contributed by atoms with Crippen LogP contribution in [0, 0.1) is 17.2 Å². The number of halogens is 2. The van der Waals surface area contributed by atoms with Crippen molar-refractivity contribution in [2.45, 2.75) is 62.3 Å². The maximum Gasteiger partial charge on any atom is 0.255 e. The van der Waals surface area contributed by atoms with E-state index in [0.717, 1.165) is 50.7 Å². The first-order valence-electron chi connectivity index (χ1n) is 16.6. The standard InChI is InChI=1S/C33H39F2N9O4/c34-25-14-27(40-31(25)45)32(46)44-8-7-29(26(35)16-44)48-28-6-1-20(13-21(28)15-36)30-37-19-38-33(41-30)39-22-2-4-23(5-3-22)42-9-11-43(12-10-42)24-17-47-18-24/h1-5,19,21,24-29H,6-14,16-18H2,(H,40,45)(H,37,38,39,41)/t21?,25-,26+,27-,28?,29-/m0/s1. The predicted molar refractivity (Wildman–Crippen MR) is 170 cm³/mol. The summed E-state index contributed by atoms with van der Waals surface area (Å²) in [4.78, 5) is 43.6. The Hall–Kier alpha value is -4.26. The van der Waals surface area contributed by atoms with Gasteiger partial charge in [0.2, 0.25) is 11.9 Å². The minimum absolute atomic E-state index is 0.214. The second-order valence-electron chi connectivity index (χ2n) is 13.0. The van der Waals surface area contributed by atoms with Crippen molar-refractivity contribution >= 4 is 34.7 Å². The predicted octanol–water partition coefficient (Wildman–Crippen LogP) is 2.00. The molecule has 1 aromatic heterocycles. The highest BCUT2D eigenvalue weighted by molar-refractivity contribution is 5.93. The monoisotopic (exact) mass is 663 g/mol. The van der Waals surface area contributed by atoms with E-state index in [2.05, 4.69) is 53.6 Å². The molecule has 2 N–H and O–H groups in total. The van der Waals surface area contributed by atoms with Crippen LogP contribution in [0.3, 0.4) is 0 Å². The van der Waals surface area contributed by atoms with Crippen LogP contribution < -0.4 is 15.5 Å². The Morgan fingerprint density at radius 2 is 1.88 bits per heavy atom. The lowest BCUT2D eigenvalue weighted by Crippen LogP contribution is -2.56. The molecule has 1 aromatic carbocycles. The Labute approximate surface area is 277 Å². The summed E-state index contributed by atoms with van der Waals surface area (Å²) in [6.45, 7) is 5.70. The first-order valence-corrected chi connectivity index (χ1v) is 16.6. The number of anilines is 3. The number of amides is 2. The number of piperidine rings is 1. The summed E-state index contributed by atoms with van der Waals surface area (Å²) in [5.74, 6) is -1.00. The number of alkyl halides is 2. The average Bonchev–Trinajstić information content (AvgIpc) is 3.43. The fourth-order valence-corrected chi connectivity index (χ4v) is 6.99. The van der Waals surface area contributed by atoms with Gasteiger partial charge in [-0.15, -0.1) is 0 Å². The van der Waals surface area contributed by atoms with Gasteiger partial charge in [0.1, 0.15) is 18.5 Å². The molecule has 0 radical (unpaired) electrons. The van der Waals surface area contributed by atoms with Crippen LogP contribution in [0.15, 0.2) is 36.7 Å². The number of carbonyl (C=O) groups excluding carboxylic acids is 2. The molecule has 0 spiro atoms. The lowest BCUT2D eigenvalue weighted by molar-refractivity contribution is -0.142. The van der Waals surface area contributed by atoms with Crippen LogP contribution in [0.1, 0.15) is 31.5 Å². The number of allylic oxidation sites excluding steroid dienone is 1. The molecule has 13 nitrogen and oxygen atoms in total. The number of nitrogens with one attached hydrogen (secondary N) is 2. The molecule has 48 heavy (non-hydrogen) atoms. The number of hydrogen-bond donors (Lipinski definition) is 2. The quantitative estimate of drug-likeness (QED) is 0.427. The molecule has 7 rings (SSSR count). The van der Waals surface area contributed by atoms with Gasteiger partial charge in [-0.3, -0.25) is 14.5 Å². The van der Waals surface area contributed by atoms with E-state index < -0.39 is 48.3 Å². The number of piperazine rings is 1. The van der Waals surface area contributed by atoms with Crippen molar-refractivity contribution in [1.29, 1.82) is 5.26 Å². The number of rotatable bonds is 8. The van der Waals surface area contributed by atoms with E-state index in [-0.39, 0.29) is 25.9 Å². The molecule has 1 aliphatic carbocycles. The molecule has 4 aliphatic heterocycles. The number of carbonyl (C=O) groups is 2. The van der Waals surface area contributed by atoms with Crippen molar-refractivity contribution in [3.05, 3.63) is 42.5 Å². The second-order valence-corrected chi connectivity index (χ2v) is 13.0. The maximum atomic E-state index is 15.2. The van der Waals surface area contributed by atoms with Crippen molar-refractivity contribution < 1.29 is 27.8 Å². The number of hydrogen-bond acceptors (Lipinski definition) is 11. The third-order valence-electron chi connectivity index (χ3n) is 9.93. The molecule has 0 saturated carbocycles. The van der Waals surface area contributed by atoms with Gasteiger partial charge in [0.25, 0.3) is 5.91 Å². The molecule has 5 aliphatic rings. The summed E-state index contributed by atoms with van der Waals surface area (Å²) in [6, 6.07) is 10.1. The highest BCUT2D eigenvalue weighted by Crippen LogP contribution is 2.34. The normalized spacial score (nSPS) is 29.9. The smallest absolute Gasteiger partial charge is 0.255 e. The lowest BCUT2D eigenvalue weighted by atomic mass is 9.86. The molecule has 254 valence electrons. The zero-order chi connectivity index (χ0) is 33.2. The number of benzene rings is 1. The zero-order valence-corrected chi connectivity index (χ0v) is 26.5. The third kappa shape index (κ3) is 6.96. The van der Waals surface area contributed by atoms with E-state index >= 15 is 4.39 Å². The third-order valence-corrected chi connectivity index (χ3v) is 9.93. The van der Waals surface area contributed by atoms with Gasteiger partial charge in [0, 0.05) is 50.5 Å². The highest BCUT2D eigenvalue weighted by atomic mass is 19.1. The highest BCUT2D eigenvalue weighted by Gasteiger charge is 2.42. The molecule has 4 saturated heterocycles. The summed E-state index contributed by atoms with van der Waals surface area (Å²) >= 11 is 0. The Bertz CT molecular complexity index is 1560. The number of nitrogens with zero attached hydrogens (tertiary/aromatic N) is 7. The number of likely N-dealkylation sites (tertiary alicyclic amines) is 1. The summed E-state index contributed by atoms with van der Waals surface area (Å²) < 4.78 is 40.2. The first-order chi connectivity index (χ1) is 23.3. The molecular formula is C33H39F2N9O4. The molecule has 6 atom stereocenters. The van der Waals surface area contributed by atoms with Crippen molar-refractivity contribution in [2.75, 3.05) is 62.7 Å². The van der Waals surface area contributed by atoms with E-state index in [1.54, 1.807) is 0 Å². The molecule has 2 unspecified atom stereocenters. The van der Waals surface area contributed by atoms with Gasteiger partial charge in [-0.1, -0.05) is 6.08 Å². The van der Waals surface area contributed by atoms with Crippen LogP contribution in [0.2, 0.25) is 0 Å². The molecule has 2 amide bonds. The van der Waals surface area contributed by atoms with Crippen molar-refractivity contribution in [1.82, 2.24) is 30.1 Å². The lowest BCUT2D eigenvalue weighted by Gasteiger charge is -2.43. The van der Waals surface area contributed by atoms with E-state index in [1.165, 1.54) is 16.9 Å². The van der Waals surface area contributed by atoms with Gasteiger partial charge in [0.05, 0.1) is 50.0 Å². The molecule has 2 aromatic rings. The van der Waals surface area contributed by atoms with Crippen LogP contribution in [0.4, 0.5) is 26.1 Å². The molecule has 4 fully saturated rings. The first kappa shape index (κ1) is 32.3. The van der Waals surface area contributed by atoms with E-state index in [0.29, 0.717) is 30.7 Å². The van der Waals surface area contributed by atoms with Crippen LogP contribution in [0.5, 0.6) is 0 Å². The van der Waals surface area contributed by atoms with E-state index in [9.17, 15) is 19.2 Å². The van der Waals surface area contributed by atoms with Crippen molar-refractivity contribution in [3.8, 4) is 6.07 Å². The van der Waals surface area contributed by atoms with Crippen molar-refractivity contribution in [3.63, 3.8) is 0 Å². The van der Waals surface area contributed by atoms with Gasteiger partial charge in [0.15, 0.2) is 12.0 Å². The molecule has 15 heteroatoms. The molecule has 5 heterocycles. The summed E-state index contributed by atoms with van der Waals surface area (Å²) in [6.07, 6.45) is -0.463. The molecule has 0 bridgehead atoms. The van der Waals surface area contributed by atoms with Crippen molar-refractivity contribution in [2.24, 2.45) is 5.92 Å². The van der Waals surface area contributed by atoms with Gasteiger partial charge >= 0.3 is 0 Å². The van der Waals surface area contributed by atoms with Gasteiger partial charge in [-0.2, -0.15) is 10.2 Å². The fourth-order valence-electron chi connectivity index (χ4n) is 6.99. The summed E-state index contributed by atoms with van der Waals surface area (Å²) in [5.41, 5.74) is 2.80. The number of ether oxygens (including phenoxy) is 2. The molecular weight excluding hydrogens is 624 g/mol. The Morgan fingerprint density at radius 3 is 2.54 bits per heavy atom. The maximum absolute atomic E-state index is 15.2.